The second-order valence-electron chi connectivity index (χ2n) is 4.15. The van der Waals surface area contributed by atoms with Gasteiger partial charge in [-0.3, -0.25) is 14.8 Å². The van der Waals surface area contributed by atoms with Gasteiger partial charge in [-0.25, -0.2) is 0 Å². The Kier molecular flexibility index (Phi) is 2.41. The molecule has 0 bridgehead atoms. The Morgan fingerprint density at radius 3 is 2.89 bits per heavy atom. The highest BCUT2D eigenvalue weighted by Crippen LogP contribution is 2.20. The van der Waals surface area contributed by atoms with Crippen LogP contribution in [-0.2, 0) is 0 Å². The minimum absolute atomic E-state index is 0.113. The fraction of sp³-hybridized carbons (Fsp3) is 0.0714. The monoisotopic (exact) mass is 237 g/mol. The number of pyridine rings is 3. The molecule has 0 spiro atoms. The summed E-state index contributed by atoms with van der Waals surface area (Å²) >= 11 is 0. The number of hydrogen-bond acceptors (Lipinski definition) is 3. The molecule has 0 aromatic carbocycles. The summed E-state index contributed by atoms with van der Waals surface area (Å²) in [7, 11) is 0. The first kappa shape index (κ1) is 10.7. The van der Waals surface area contributed by atoms with Gasteiger partial charge in [-0.2, -0.15) is 0 Å². The Balaban J connectivity index is 2.23. The molecule has 0 aliphatic heterocycles. The topological polar surface area (TPSA) is 58.6 Å². The van der Waals surface area contributed by atoms with E-state index in [1.807, 2.05) is 31.2 Å². The fourth-order valence-electron chi connectivity index (χ4n) is 1.95. The summed E-state index contributed by atoms with van der Waals surface area (Å²) in [6, 6.07) is 7.67. The summed E-state index contributed by atoms with van der Waals surface area (Å²) in [6.45, 7) is 1.94. The van der Waals surface area contributed by atoms with Crippen molar-refractivity contribution in [1.82, 2.24) is 15.0 Å². The molecule has 1 N–H and O–H groups in total. The van der Waals surface area contributed by atoms with Gasteiger partial charge < -0.3 is 4.98 Å². The normalized spacial score (nSPS) is 10.7. The molecule has 0 atom stereocenters. The molecule has 0 unspecified atom stereocenters. The van der Waals surface area contributed by atoms with E-state index < -0.39 is 0 Å². The van der Waals surface area contributed by atoms with E-state index in [-0.39, 0.29) is 5.56 Å². The SMILES string of the molecule is Cc1cc(-c2cc3cc[nH]c(=O)c3cn2)ccn1. The Labute approximate surface area is 103 Å². The Hall–Kier alpha value is -2.49. The van der Waals surface area contributed by atoms with Crippen LogP contribution < -0.4 is 5.56 Å². The van der Waals surface area contributed by atoms with Crippen LogP contribution in [0.1, 0.15) is 5.69 Å². The van der Waals surface area contributed by atoms with Crippen LogP contribution in [0.3, 0.4) is 0 Å². The lowest BCUT2D eigenvalue weighted by Crippen LogP contribution is -2.04. The van der Waals surface area contributed by atoms with Crippen LogP contribution in [0.5, 0.6) is 0 Å². The van der Waals surface area contributed by atoms with Gasteiger partial charge in [0.1, 0.15) is 0 Å². The molecule has 4 nitrogen and oxygen atoms in total. The van der Waals surface area contributed by atoms with Crippen LogP contribution >= 0.6 is 0 Å². The van der Waals surface area contributed by atoms with Gasteiger partial charge in [0.2, 0.25) is 0 Å². The number of fused-ring (bicyclic) bond motifs is 1. The summed E-state index contributed by atoms with van der Waals surface area (Å²) in [5.41, 5.74) is 2.68. The van der Waals surface area contributed by atoms with Gasteiger partial charge in [0.25, 0.3) is 5.56 Å². The summed E-state index contributed by atoms with van der Waals surface area (Å²) in [5, 5.41) is 1.49. The fourth-order valence-corrected chi connectivity index (χ4v) is 1.95. The first-order valence-corrected chi connectivity index (χ1v) is 5.64. The number of nitrogens with zero attached hydrogens (tertiary/aromatic N) is 2. The number of H-pyrrole nitrogens is 1. The van der Waals surface area contributed by atoms with E-state index in [4.69, 9.17) is 0 Å². The third-order valence-corrected chi connectivity index (χ3v) is 2.85. The number of hydrogen-bond donors (Lipinski definition) is 1. The van der Waals surface area contributed by atoms with Gasteiger partial charge in [0.15, 0.2) is 0 Å². The van der Waals surface area contributed by atoms with E-state index in [1.165, 1.54) is 0 Å². The van der Waals surface area contributed by atoms with Crippen LogP contribution in [0, 0.1) is 6.92 Å². The number of aryl methyl sites for hydroxylation is 1. The molecule has 3 aromatic heterocycles. The van der Waals surface area contributed by atoms with Crippen molar-refractivity contribution in [3.05, 3.63) is 58.9 Å². The quantitative estimate of drug-likeness (QED) is 0.706. The molecule has 0 aliphatic rings. The van der Waals surface area contributed by atoms with Gasteiger partial charge in [0, 0.05) is 29.8 Å². The van der Waals surface area contributed by atoms with Crippen molar-refractivity contribution < 1.29 is 0 Å². The third kappa shape index (κ3) is 1.78. The lowest BCUT2D eigenvalue weighted by molar-refractivity contribution is 1.19. The molecule has 3 rings (SSSR count). The van der Waals surface area contributed by atoms with E-state index in [9.17, 15) is 4.79 Å². The minimum Gasteiger partial charge on any atom is -0.329 e. The zero-order valence-corrected chi connectivity index (χ0v) is 9.84. The van der Waals surface area contributed by atoms with Crippen LogP contribution in [0.4, 0.5) is 0 Å². The van der Waals surface area contributed by atoms with Crippen molar-refractivity contribution in [3.63, 3.8) is 0 Å². The molecule has 4 heteroatoms. The molecule has 3 aromatic rings. The molecule has 88 valence electrons. The maximum absolute atomic E-state index is 11.6. The van der Waals surface area contributed by atoms with E-state index in [0.29, 0.717) is 5.39 Å². The Bertz CT molecular complexity index is 777. The second kappa shape index (κ2) is 4.07. The average molecular weight is 237 g/mol. The predicted octanol–water partition coefficient (Wildman–Crippen LogP) is 2.29. The molecule has 0 saturated heterocycles. The number of nitrogens with one attached hydrogen (secondary N) is 1. The van der Waals surface area contributed by atoms with Gasteiger partial charge in [0.05, 0.1) is 11.1 Å². The molecule has 0 aliphatic carbocycles. The first-order chi connectivity index (χ1) is 8.74. The van der Waals surface area contributed by atoms with E-state index >= 15 is 0 Å². The average Bonchev–Trinajstić information content (AvgIpc) is 2.39. The van der Waals surface area contributed by atoms with Crippen molar-refractivity contribution in [2.45, 2.75) is 6.92 Å². The van der Waals surface area contributed by atoms with Gasteiger partial charge in [-0.05, 0) is 36.6 Å². The van der Waals surface area contributed by atoms with Gasteiger partial charge in [-0.15, -0.1) is 0 Å². The maximum atomic E-state index is 11.6. The summed E-state index contributed by atoms with van der Waals surface area (Å²) in [5.74, 6) is 0. The highest BCUT2D eigenvalue weighted by Gasteiger charge is 2.03. The van der Waals surface area contributed by atoms with Crippen molar-refractivity contribution in [2.75, 3.05) is 0 Å². The van der Waals surface area contributed by atoms with Crippen molar-refractivity contribution in [3.8, 4) is 11.3 Å². The largest absolute Gasteiger partial charge is 0.329 e. The van der Waals surface area contributed by atoms with Crippen molar-refractivity contribution >= 4 is 10.8 Å². The van der Waals surface area contributed by atoms with E-state index in [2.05, 4.69) is 15.0 Å². The molecule has 18 heavy (non-hydrogen) atoms. The van der Waals surface area contributed by atoms with Crippen LogP contribution in [0.25, 0.3) is 22.0 Å². The Morgan fingerprint density at radius 1 is 1.17 bits per heavy atom. The van der Waals surface area contributed by atoms with E-state index in [1.54, 1.807) is 18.6 Å². The zero-order valence-electron chi connectivity index (χ0n) is 9.84. The summed E-state index contributed by atoms with van der Waals surface area (Å²) in [4.78, 5) is 22.7. The smallest absolute Gasteiger partial charge is 0.257 e. The maximum Gasteiger partial charge on any atom is 0.257 e. The zero-order chi connectivity index (χ0) is 12.5. The minimum atomic E-state index is -0.113. The number of aromatic nitrogens is 3. The summed E-state index contributed by atoms with van der Waals surface area (Å²) in [6.07, 6.45) is 5.01. The molecular formula is C14H11N3O. The van der Waals surface area contributed by atoms with E-state index in [0.717, 1.165) is 22.3 Å². The predicted molar refractivity (Wildman–Crippen MR) is 70.3 cm³/mol. The standard InChI is InChI=1S/C14H11N3O/c1-9-6-11(3-4-15-9)13-7-10-2-5-16-14(18)12(10)8-17-13/h2-8H,1H3,(H,16,18). The molecule has 3 heterocycles. The third-order valence-electron chi connectivity index (χ3n) is 2.85. The highest BCUT2D eigenvalue weighted by atomic mass is 16.1. The van der Waals surface area contributed by atoms with Crippen molar-refractivity contribution in [1.29, 1.82) is 0 Å². The van der Waals surface area contributed by atoms with Crippen LogP contribution in [-0.4, -0.2) is 15.0 Å². The molecule has 0 radical (unpaired) electrons. The first-order valence-electron chi connectivity index (χ1n) is 5.64. The summed E-state index contributed by atoms with van der Waals surface area (Å²) < 4.78 is 0. The lowest BCUT2D eigenvalue weighted by atomic mass is 10.1. The number of aromatic amines is 1. The van der Waals surface area contributed by atoms with Crippen LogP contribution in [0.2, 0.25) is 0 Å². The van der Waals surface area contributed by atoms with Gasteiger partial charge >= 0.3 is 0 Å². The van der Waals surface area contributed by atoms with Crippen molar-refractivity contribution in [2.24, 2.45) is 0 Å². The van der Waals surface area contributed by atoms with Gasteiger partial charge in [-0.1, -0.05) is 0 Å². The second-order valence-corrected chi connectivity index (χ2v) is 4.15. The lowest BCUT2D eigenvalue weighted by Gasteiger charge is -2.03. The van der Waals surface area contributed by atoms with Crippen LogP contribution in [0.15, 0.2) is 47.7 Å². The molecule has 0 saturated carbocycles. The molecule has 0 amide bonds. The highest BCUT2D eigenvalue weighted by molar-refractivity contribution is 5.84. The molecular weight excluding hydrogens is 226 g/mol. The Morgan fingerprint density at radius 2 is 2.06 bits per heavy atom. The molecule has 0 fully saturated rings. The number of rotatable bonds is 1.